The van der Waals surface area contributed by atoms with Gasteiger partial charge in [0.15, 0.2) is 11.5 Å². The molecule has 0 heterocycles. The molecule has 0 unspecified atom stereocenters. The summed E-state index contributed by atoms with van der Waals surface area (Å²) in [6.07, 6.45) is 1.35. The van der Waals surface area contributed by atoms with Gasteiger partial charge in [-0.2, -0.15) is 5.10 Å². The van der Waals surface area contributed by atoms with E-state index >= 15 is 0 Å². The number of rotatable bonds is 6. The number of benzene rings is 2. The first-order chi connectivity index (χ1) is 12.9. The number of hydrazone groups is 1. The molecule has 2 rings (SSSR count). The Morgan fingerprint density at radius 3 is 2.63 bits per heavy atom. The number of amides is 2. The maximum atomic E-state index is 11.9. The molecule has 142 valence electrons. The van der Waals surface area contributed by atoms with Crippen molar-refractivity contribution in [2.75, 3.05) is 6.61 Å². The number of halogens is 1. The molecular weight excluding hydrogens is 414 g/mol. The lowest BCUT2D eigenvalue weighted by molar-refractivity contribution is -0.139. The highest BCUT2D eigenvalue weighted by atomic mass is 79.9. The van der Waals surface area contributed by atoms with Gasteiger partial charge in [-0.05, 0) is 53.0 Å². The Labute approximate surface area is 165 Å². The SMILES string of the molecule is CCOc1cc(/C=N\NC(=O)C(=O)N[C@H](C)c2ccccc2)cc(Br)c1O. The van der Waals surface area contributed by atoms with Crippen molar-refractivity contribution in [2.45, 2.75) is 19.9 Å². The van der Waals surface area contributed by atoms with E-state index in [1.54, 1.807) is 26.0 Å². The molecule has 0 spiro atoms. The van der Waals surface area contributed by atoms with E-state index < -0.39 is 11.8 Å². The summed E-state index contributed by atoms with van der Waals surface area (Å²) < 4.78 is 5.74. The number of phenols is 1. The summed E-state index contributed by atoms with van der Waals surface area (Å²) in [5, 5.41) is 16.3. The second-order valence-corrected chi connectivity index (χ2v) is 6.44. The highest BCUT2D eigenvalue weighted by Gasteiger charge is 2.16. The number of aromatic hydroxyl groups is 1. The standard InChI is InChI=1S/C19H20BrN3O4/c1-3-27-16-10-13(9-15(20)17(16)24)11-21-23-19(26)18(25)22-12(2)14-7-5-4-6-8-14/h4-12,24H,3H2,1-2H3,(H,22,25)(H,23,26)/b21-11-/t12-/m1/s1. The molecule has 0 radical (unpaired) electrons. The van der Waals surface area contributed by atoms with Crippen LogP contribution in [-0.4, -0.2) is 29.7 Å². The monoisotopic (exact) mass is 433 g/mol. The molecular formula is C19H20BrN3O4. The molecule has 0 aliphatic heterocycles. The van der Waals surface area contributed by atoms with Gasteiger partial charge in [-0.25, -0.2) is 5.43 Å². The van der Waals surface area contributed by atoms with Crippen molar-refractivity contribution in [3.63, 3.8) is 0 Å². The van der Waals surface area contributed by atoms with Crippen molar-refractivity contribution >= 4 is 34.0 Å². The third kappa shape index (κ3) is 5.82. The van der Waals surface area contributed by atoms with Gasteiger partial charge in [0.25, 0.3) is 0 Å². The van der Waals surface area contributed by atoms with Crippen LogP contribution in [0.2, 0.25) is 0 Å². The molecule has 2 aromatic rings. The Bertz CT molecular complexity index is 840. The Hall–Kier alpha value is -2.87. The number of carbonyl (C=O) groups excluding carboxylic acids is 2. The Morgan fingerprint density at radius 1 is 1.26 bits per heavy atom. The molecule has 8 heteroatoms. The lowest BCUT2D eigenvalue weighted by Gasteiger charge is -2.13. The van der Waals surface area contributed by atoms with Crippen LogP contribution in [0.15, 0.2) is 52.0 Å². The molecule has 27 heavy (non-hydrogen) atoms. The predicted octanol–water partition coefficient (Wildman–Crippen LogP) is 2.88. The topological polar surface area (TPSA) is 100 Å². The lowest BCUT2D eigenvalue weighted by Crippen LogP contribution is -2.39. The predicted molar refractivity (Wildman–Crippen MR) is 106 cm³/mol. The summed E-state index contributed by atoms with van der Waals surface area (Å²) >= 11 is 3.22. The Morgan fingerprint density at radius 2 is 1.96 bits per heavy atom. The van der Waals surface area contributed by atoms with Crippen molar-refractivity contribution in [1.29, 1.82) is 0 Å². The average molecular weight is 434 g/mol. The van der Waals surface area contributed by atoms with E-state index in [0.29, 0.717) is 16.6 Å². The minimum Gasteiger partial charge on any atom is -0.503 e. The van der Waals surface area contributed by atoms with Gasteiger partial charge in [-0.3, -0.25) is 9.59 Å². The van der Waals surface area contributed by atoms with Crippen LogP contribution < -0.4 is 15.5 Å². The summed E-state index contributed by atoms with van der Waals surface area (Å²) in [6.45, 7) is 3.97. The second kappa shape index (κ2) is 9.72. The number of nitrogens with one attached hydrogen (secondary N) is 2. The fraction of sp³-hybridized carbons (Fsp3) is 0.211. The first-order valence-electron chi connectivity index (χ1n) is 8.26. The van der Waals surface area contributed by atoms with Gasteiger partial charge in [-0.1, -0.05) is 30.3 Å². The van der Waals surface area contributed by atoms with Crippen LogP contribution in [0, 0.1) is 0 Å². The minimum absolute atomic E-state index is 0.0210. The molecule has 0 aliphatic carbocycles. The second-order valence-electron chi connectivity index (χ2n) is 5.59. The molecule has 0 aromatic heterocycles. The molecule has 0 saturated carbocycles. The number of carbonyl (C=O) groups is 2. The smallest absolute Gasteiger partial charge is 0.329 e. The molecule has 2 amide bonds. The van der Waals surface area contributed by atoms with Crippen molar-refractivity contribution in [3.05, 3.63) is 58.1 Å². The van der Waals surface area contributed by atoms with Gasteiger partial charge in [0.05, 0.1) is 23.3 Å². The zero-order valence-corrected chi connectivity index (χ0v) is 16.5. The van der Waals surface area contributed by atoms with Gasteiger partial charge in [0.2, 0.25) is 0 Å². The molecule has 0 aliphatic rings. The fourth-order valence-corrected chi connectivity index (χ4v) is 2.70. The van der Waals surface area contributed by atoms with Gasteiger partial charge >= 0.3 is 11.8 Å². The number of hydrogen-bond acceptors (Lipinski definition) is 5. The fourth-order valence-electron chi connectivity index (χ4n) is 2.24. The highest BCUT2D eigenvalue weighted by molar-refractivity contribution is 9.10. The van der Waals surface area contributed by atoms with Crippen molar-refractivity contribution in [1.82, 2.24) is 10.7 Å². The highest BCUT2D eigenvalue weighted by Crippen LogP contribution is 2.34. The van der Waals surface area contributed by atoms with Crippen LogP contribution in [0.5, 0.6) is 11.5 Å². The van der Waals surface area contributed by atoms with E-state index in [1.807, 2.05) is 30.3 Å². The van der Waals surface area contributed by atoms with E-state index in [2.05, 4.69) is 31.8 Å². The third-order valence-electron chi connectivity index (χ3n) is 3.58. The van der Waals surface area contributed by atoms with Crippen molar-refractivity contribution < 1.29 is 19.4 Å². The van der Waals surface area contributed by atoms with E-state index in [0.717, 1.165) is 5.56 Å². The van der Waals surface area contributed by atoms with Crippen molar-refractivity contribution in [3.8, 4) is 11.5 Å². The summed E-state index contributed by atoms with van der Waals surface area (Å²) in [6, 6.07) is 12.2. The molecule has 1 atom stereocenters. The quantitative estimate of drug-likeness (QED) is 0.370. The normalized spacial score (nSPS) is 11.8. The van der Waals surface area contributed by atoms with E-state index in [9.17, 15) is 14.7 Å². The Kier molecular flexibility index (Phi) is 7.36. The van der Waals surface area contributed by atoms with Gasteiger partial charge in [0.1, 0.15) is 0 Å². The zero-order valence-electron chi connectivity index (χ0n) is 14.9. The first kappa shape index (κ1) is 20.4. The summed E-state index contributed by atoms with van der Waals surface area (Å²) in [5.41, 5.74) is 3.63. The van der Waals surface area contributed by atoms with Crippen LogP contribution in [0.3, 0.4) is 0 Å². The molecule has 2 aromatic carbocycles. The van der Waals surface area contributed by atoms with Gasteiger partial charge in [-0.15, -0.1) is 0 Å². The van der Waals surface area contributed by atoms with Crippen molar-refractivity contribution in [2.24, 2.45) is 5.10 Å². The van der Waals surface area contributed by atoms with Crippen LogP contribution in [0.25, 0.3) is 0 Å². The number of phenolic OH excluding ortho intramolecular Hbond substituents is 1. The number of hydrogen-bond donors (Lipinski definition) is 3. The maximum Gasteiger partial charge on any atom is 0.329 e. The molecule has 0 fully saturated rings. The maximum absolute atomic E-state index is 11.9. The van der Waals surface area contributed by atoms with Crippen LogP contribution >= 0.6 is 15.9 Å². The third-order valence-corrected chi connectivity index (χ3v) is 4.19. The summed E-state index contributed by atoms with van der Waals surface area (Å²) in [4.78, 5) is 23.8. The van der Waals surface area contributed by atoms with E-state index in [-0.39, 0.29) is 17.5 Å². The van der Waals surface area contributed by atoms with Gasteiger partial charge in [0, 0.05) is 0 Å². The lowest BCUT2D eigenvalue weighted by atomic mass is 10.1. The largest absolute Gasteiger partial charge is 0.503 e. The number of nitrogens with zero attached hydrogens (tertiary/aromatic N) is 1. The van der Waals surface area contributed by atoms with E-state index in [1.165, 1.54) is 6.21 Å². The van der Waals surface area contributed by atoms with Crippen LogP contribution in [0.1, 0.15) is 31.0 Å². The van der Waals surface area contributed by atoms with Gasteiger partial charge < -0.3 is 15.2 Å². The van der Waals surface area contributed by atoms with Crippen LogP contribution in [0.4, 0.5) is 0 Å². The summed E-state index contributed by atoms with van der Waals surface area (Å²) in [7, 11) is 0. The first-order valence-corrected chi connectivity index (χ1v) is 9.05. The molecule has 7 nitrogen and oxygen atoms in total. The average Bonchev–Trinajstić information content (AvgIpc) is 2.66. The van der Waals surface area contributed by atoms with E-state index in [4.69, 9.17) is 4.74 Å². The zero-order chi connectivity index (χ0) is 19.8. The summed E-state index contributed by atoms with van der Waals surface area (Å²) in [5.74, 6) is -1.40. The van der Waals surface area contributed by atoms with Crippen LogP contribution in [-0.2, 0) is 9.59 Å². The Balaban J connectivity index is 1.95. The minimum atomic E-state index is -0.878. The molecule has 0 bridgehead atoms. The number of ether oxygens (including phenoxy) is 1. The molecule has 3 N–H and O–H groups in total. The molecule has 0 saturated heterocycles.